The lowest BCUT2D eigenvalue weighted by molar-refractivity contribution is -0.117. The van der Waals surface area contributed by atoms with E-state index >= 15 is 0 Å². The largest absolute Gasteiger partial charge is 0.505 e. The molecule has 9 heteroatoms. The molecule has 0 aliphatic carbocycles. The zero-order valence-corrected chi connectivity index (χ0v) is 19.9. The van der Waals surface area contributed by atoms with Gasteiger partial charge in [-0.1, -0.05) is 29.8 Å². The number of para-hydroxylation sites is 1. The van der Waals surface area contributed by atoms with Crippen LogP contribution in [0.3, 0.4) is 0 Å². The average molecular weight is 505 g/mol. The molecule has 1 amide bonds. The molecule has 0 aromatic heterocycles. The Morgan fingerprint density at radius 2 is 2.00 bits per heavy atom. The lowest BCUT2D eigenvalue weighted by atomic mass is 10.0. The molecule has 2 N–H and O–H groups in total. The van der Waals surface area contributed by atoms with Crippen LogP contribution in [0.5, 0.6) is 11.5 Å². The molecule has 5 nitrogen and oxygen atoms in total. The second-order valence-electron chi connectivity index (χ2n) is 8.17. The number of aromatic hydroxyl groups is 1. The lowest BCUT2D eigenvalue weighted by Gasteiger charge is -2.17. The molecule has 4 rings (SSSR count). The highest BCUT2D eigenvalue weighted by Gasteiger charge is 2.23. The molecule has 1 unspecified atom stereocenters. The van der Waals surface area contributed by atoms with Crippen molar-refractivity contribution < 1.29 is 23.4 Å². The van der Waals surface area contributed by atoms with Gasteiger partial charge in [0, 0.05) is 36.2 Å². The summed E-state index contributed by atoms with van der Waals surface area (Å²) in [7, 11) is 0. The quantitative estimate of drug-likeness (QED) is 0.279. The summed E-state index contributed by atoms with van der Waals surface area (Å²) in [6, 6.07) is 12.5. The van der Waals surface area contributed by atoms with Crippen LogP contribution in [0.25, 0.3) is 11.1 Å². The van der Waals surface area contributed by atoms with E-state index in [0.29, 0.717) is 35.9 Å². The number of benzene rings is 3. The molecule has 1 aliphatic rings. The van der Waals surface area contributed by atoms with Crippen LogP contribution in [-0.2, 0) is 4.79 Å². The molecule has 1 heterocycles. The van der Waals surface area contributed by atoms with Crippen molar-refractivity contribution in [3.05, 3.63) is 70.8 Å². The first kappa shape index (κ1) is 24.2. The molecule has 34 heavy (non-hydrogen) atoms. The van der Waals surface area contributed by atoms with E-state index < -0.39 is 11.6 Å². The van der Waals surface area contributed by atoms with E-state index in [0.717, 1.165) is 36.4 Å². The molecule has 1 saturated heterocycles. The van der Waals surface area contributed by atoms with E-state index in [1.807, 2.05) is 6.92 Å². The normalized spacial score (nSPS) is 15.4. The zero-order chi connectivity index (χ0) is 24.2. The number of anilines is 1. The molecule has 3 aromatic rings. The third-order valence-electron chi connectivity index (χ3n) is 5.62. The van der Waals surface area contributed by atoms with E-state index in [4.69, 9.17) is 16.3 Å². The maximum Gasteiger partial charge on any atom is 0.209 e. The molecule has 1 fully saturated rings. The second-order valence-corrected chi connectivity index (χ2v) is 9.43. The monoisotopic (exact) mass is 504 g/mol. The van der Waals surface area contributed by atoms with Crippen molar-refractivity contribution in [3.63, 3.8) is 0 Å². The minimum Gasteiger partial charge on any atom is -0.505 e. The van der Waals surface area contributed by atoms with Gasteiger partial charge in [0.15, 0.2) is 0 Å². The van der Waals surface area contributed by atoms with Gasteiger partial charge in [-0.05, 0) is 55.1 Å². The van der Waals surface area contributed by atoms with Crippen molar-refractivity contribution in [1.82, 2.24) is 4.90 Å². The molecular formula is C25H23ClF2N2O3S. The van der Waals surface area contributed by atoms with Crippen molar-refractivity contribution in [2.45, 2.75) is 18.2 Å². The predicted molar refractivity (Wildman–Crippen MR) is 130 cm³/mol. The molecular weight excluding hydrogens is 482 g/mol. The van der Waals surface area contributed by atoms with Gasteiger partial charge < -0.3 is 19.5 Å². The van der Waals surface area contributed by atoms with E-state index in [2.05, 4.69) is 4.72 Å². The first-order valence-corrected chi connectivity index (χ1v) is 11.9. The number of carbonyl (C=O) groups is 1. The standard InChI is InChI=1S/C25H23ClF2N2O3S/c1-15-8-19(26)25(32)24(9-15)34-29-22-10-18(20(27)11-21(22)28)17-4-2-3-5-23(17)33-13-16-6-7-30(12-16)14-31/h2-5,8-11,14,16,29,32H,6-7,12-13H2,1H3. The number of rotatable bonds is 8. The molecule has 0 spiro atoms. The number of hydrogen-bond acceptors (Lipinski definition) is 5. The Hall–Kier alpha value is -2.97. The number of nitrogens with zero attached hydrogens (tertiary/aromatic N) is 1. The van der Waals surface area contributed by atoms with Gasteiger partial charge in [0.25, 0.3) is 0 Å². The Balaban J connectivity index is 1.56. The van der Waals surface area contributed by atoms with Gasteiger partial charge in [0.1, 0.15) is 23.1 Å². The molecule has 0 saturated carbocycles. The van der Waals surface area contributed by atoms with Crippen molar-refractivity contribution in [1.29, 1.82) is 0 Å². The summed E-state index contributed by atoms with van der Waals surface area (Å²) in [5.41, 5.74) is 1.54. The molecule has 3 aromatic carbocycles. The van der Waals surface area contributed by atoms with Gasteiger partial charge in [0.05, 0.1) is 22.2 Å². The van der Waals surface area contributed by atoms with Gasteiger partial charge in [-0.2, -0.15) is 0 Å². The van der Waals surface area contributed by atoms with Crippen molar-refractivity contribution in [3.8, 4) is 22.6 Å². The van der Waals surface area contributed by atoms with Crippen molar-refractivity contribution >= 4 is 35.6 Å². The van der Waals surface area contributed by atoms with Gasteiger partial charge in [0.2, 0.25) is 6.41 Å². The average Bonchev–Trinajstić information content (AvgIpc) is 3.28. The van der Waals surface area contributed by atoms with Crippen LogP contribution in [-0.4, -0.2) is 36.1 Å². The minimum absolute atomic E-state index is 0.0469. The van der Waals surface area contributed by atoms with E-state index in [-0.39, 0.29) is 27.9 Å². The molecule has 1 aliphatic heterocycles. The second kappa shape index (κ2) is 10.5. The van der Waals surface area contributed by atoms with Crippen LogP contribution < -0.4 is 9.46 Å². The topological polar surface area (TPSA) is 61.8 Å². The summed E-state index contributed by atoms with van der Waals surface area (Å²) in [6.45, 7) is 3.53. The smallest absolute Gasteiger partial charge is 0.209 e. The van der Waals surface area contributed by atoms with Crippen molar-refractivity contribution in [2.24, 2.45) is 5.92 Å². The minimum atomic E-state index is -0.773. The number of phenols is 1. The number of likely N-dealkylation sites (tertiary alicyclic amines) is 1. The van der Waals surface area contributed by atoms with Crippen LogP contribution in [0.4, 0.5) is 14.5 Å². The fraction of sp³-hybridized carbons (Fsp3) is 0.240. The Kier molecular flexibility index (Phi) is 7.48. The van der Waals surface area contributed by atoms with Crippen LogP contribution in [0.2, 0.25) is 5.02 Å². The zero-order valence-electron chi connectivity index (χ0n) is 18.4. The molecule has 1 atom stereocenters. The predicted octanol–water partition coefficient (Wildman–Crippen LogP) is 6.28. The number of amides is 1. The summed E-state index contributed by atoms with van der Waals surface area (Å²) >= 11 is 6.99. The van der Waals surface area contributed by atoms with Crippen LogP contribution >= 0.6 is 23.5 Å². The number of carbonyl (C=O) groups excluding carboxylic acids is 1. The summed E-state index contributed by atoms with van der Waals surface area (Å²) in [5.74, 6) is -0.951. The maximum absolute atomic E-state index is 14.8. The highest BCUT2D eigenvalue weighted by molar-refractivity contribution is 8.00. The highest BCUT2D eigenvalue weighted by Crippen LogP contribution is 2.39. The van der Waals surface area contributed by atoms with Crippen LogP contribution in [0.15, 0.2) is 53.4 Å². The molecule has 0 bridgehead atoms. The number of phenolic OH excluding ortho intramolecular Hbond substituents is 1. The van der Waals surface area contributed by atoms with Crippen molar-refractivity contribution in [2.75, 3.05) is 24.4 Å². The summed E-state index contributed by atoms with van der Waals surface area (Å²) in [6.07, 6.45) is 1.67. The van der Waals surface area contributed by atoms with E-state index in [9.17, 15) is 18.7 Å². The number of hydrogen-bond donors (Lipinski definition) is 2. The first-order valence-electron chi connectivity index (χ1n) is 10.7. The Bertz CT molecular complexity index is 1210. The number of nitrogens with one attached hydrogen (secondary N) is 1. The summed E-state index contributed by atoms with van der Waals surface area (Å²) in [4.78, 5) is 13.1. The Morgan fingerprint density at radius 1 is 1.21 bits per heavy atom. The third-order valence-corrected chi connectivity index (χ3v) is 6.76. The number of aryl methyl sites for hydroxylation is 1. The number of halogens is 3. The van der Waals surface area contributed by atoms with Crippen LogP contribution in [0, 0.1) is 24.5 Å². The lowest BCUT2D eigenvalue weighted by Crippen LogP contribution is -2.20. The molecule has 0 radical (unpaired) electrons. The van der Waals surface area contributed by atoms with Gasteiger partial charge in [-0.15, -0.1) is 0 Å². The molecule has 178 valence electrons. The summed E-state index contributed by atoms with van der Waals surface area (Å²) < 4.78 is 38.2. The Morgan fingerprint density at radius 3 is 2.76 bits per heavy atom. The van der Waals surface area contributed by atoms with E-state index in [1.165, 1.54) is 6.07 Å². The SMILES string of the molecule is Cc1cc(Cl)c(O)c(SNc2cc(-c3ccccc3OCC3CCN(C=O)C3)c(F)cc2F)c1. The first-order chi connectivity index (χ1) is 16.4. The Labute approximate surface area is 205 Å². The number of ether oxygens (including phenoxy) is 1. The van der Waals surface area contributed by atoms with Gasteiger partial charge >= 0.3 is 0 Å². The third kappa shape index (κ3) is 5.39. The fourth-order valence-corrected chi connectivity index (χ4v) is 5.00. The van der Waals surface area contributed by atoms with Gasteiger partial charge in [-0.3, -0.25) is 4.79 Å². The van der Waals surface area contributed by atoms with Gasteiger partial charge in [-0.25, -0.2) is 8.78 Å². The summed E-state index contributed by atoms with van der Waals surface area (Å²) in [5, 5.41) is 10.4. The highest BCUT2D eigenvalue weighted by atomic mass is 35.5. The van der Waals surface area contributed by atoms with E-state index in [1.54, 1.807) is 41.3 Å². The fourth-order valence-electron chi connectivity index (χ4n) is 3.84. The maximum atomic E-state index is 14.8. The van der Waals surface area contributed by atoms with Crippen LogP contribution in [0.1, 0.15) is 12.0 Å².